The van der Waals surface area contributed by atoms with E-state index in [4.69, 9.17) is 5.73 Å². The Balaban J connectivity index is 0.000000403. The van der Waals surface area contributed by atoms with Crippen LogP contribution in [0, 0.1) is 6.92 Å². The molecule has 0 fully saturated rings. The van der Waals surface area contributed by atoms with E-state index in [0.29, 0.717) is 0 Å². The van der Waals surface area contributed by atoms with Gasteiger partial charge in [-0.15, -0.1) is 0 Å². The van der Waals surface area contributed by atoms with Crippen molar-refractivity contribution in [3.05, 3.63) is 51.2 Å². The highest BCUT2D eigenvalue weighted by atomic mass is 16.1. The first kappa shape index (κ1) is 20.6. The molecule has 2 heterocycles. The highest BCUT2D eigenvalue weighted by Crippen LogP contribution is 1.99. The van der Waals surface area contributed by atoms with Crippen LogP contribution < -0.4 is 17.1 Å². The molecule has 0 saturated heterocycles. The van der Waals surface area contributed by atoms with Crippen molar-refractivity contribution < 1.29 is 0 Å². The average molecular weight is 321 g/mol. The van der Waals surface area contributed by atoms with E-state index in [2.05, 4.69) is 9.97 Å². The van der Waals surface area contributed by atoms with Crippen LogP contribution in [0.4, 0.5) is 5.82 Å². The molecule has 0 aliphatic heterocycles. The molecule has 0 amide bonds. The molecule has 0 aliphatic carbocycles. The zero-order chi connectivity index (χ0) is 16.9. The van der Waals surface area contributed by atoms with Crippen molar-refractivity contribution >= 4 is 5.82 Å². The normalized spacial score (nSPS) is 10.0. The number of anilines is 1. The van der Waals surface area contributed by atoms with Crippen molar-refractivity contribution in [3.8, 4) is 0 Å². The SMILES string of the molecule is C.CC(C)n1ccc(N)nc1=O.Cc1ccn(C(C)C)c(=O)n1. The average Bonchev–Trinajstić information content (AvgIpc) is 2.38. The molecule has 2 aromatic heterocycles. The number of aromatic nitrogens is 4. The Morgan fingerprint density at radius 2 is 1.35 bits per heavy atom. The summed E-state index contributed by atoms with van der Waals surface area (Å²) in [5, 5.41) is 0. The van der Waals surface area contributed by atoms with Crippen LogP contribution in [-0.4, -0.2) is 19.1 Å². The van der Waals surface area contributed by atoms with Gasteiger partial charge in [0, 0.05) is 30.2 Å². The molecule has 2 aromatic rings. The van der Waals surface area contributed by atoms with Gasteiger partial charge in [-0.2, -0.15) is 9.97 Å². The fourth-order valence-electron chi connectivity index (χ4n) is 1.71. The first-order chi connectivity index (χ1) is 10.2. The van der Waals surface area contributed by atoms with Crippen molar-refractivity contribution in [2.24, 2.45) is 0 Å². The zero-order valence-corrected chi connectivity index (χ0v) is 13.6. The van der Waals surface area contributed by atoms with Crippen LogP contribution >= 0.6 is 0 Å². The van der Waals surface area contributed by atoms with Crippen LogP contribution in [-0.2, 0) is 0 Å². The van der Waals surface area contributed by atoms with Crippen LogP contribution in [0.5, 0.6) is 0 Å². The van der Waals surface area contributed by atoms with E-state index in [1.54, 1.807) is 23.0 Å². The van der Waals surface area contributed by atoms with Gasteiger partial charge in [-0.3, -0.25) is 9.13 Å². The third kappa shape index (κ3) is 6.06. The van der Waals surface area contributed by atoms with Crippen molar-refractivity contribution in [1.82, 2.24) is 19.1 Å². The van der Waals surface area contributed by atoms with Crippen molar-refractivity contribution in [3.63, 3.8) is 0 Å². The minimum absolute atomic E-state index is 0. The van der Waals surface area contributed by atoms with Crippen LogP contribution in [0.3, 0.4) is 0 Å². The Kier molecular flexibility index (Phi) is 7.93. The number of aryl methyl sites for hydroxylation is 1. The molecule has 0 spiro atoms. The van der Waals surface area contributed by atoms with Gasteiger partial charge >= 0.3 is 11.4 Å². The molecule has 7 nitrogen and oxygen atoms in total. The van der Waals surface area contributed by atoms with E-state index in [1.807, 2.05) is 40.7 Å². The van der Waals surface area contributed by atoms with Crippen LogP contribution in [0.1, 0.15) is 52.9 Å². The third-order valence-corrected chi connectivity index (χ3v) is 2.93. The fourth-order valence-corrected chi connectivity index (χ4v) is 1.71. The second kappa shape index (κ2) is 8.87. The summed E-state index contributed by atoms with van der Waals surface area (Å²) in [7, 11) is 0. The summed E-state index contributed by atoms with van der Waals surface area (Å²) in [5.74, 6) is 0.270. The number of nitrogens with zero attached hydrogens (tertiary/aromatic N) is 4. The number of nitrogen functional groups attached to an aromatic ring is 1. The summed E-state index contributed by atoms with van der Waals surface area (Å²) in [6.07, 6.45) is 3.42. The molecule has 128 valence electrons. The van der Waals surface area contributed by atoms with Gasteiger partial charge in [-0.05, 0) is 46.8 Å². The van der Waals surface area contributed by atoms with Crippen molar-refractivity contribution in [1.29, 1.82) is 0 Å². The largest absolute Gasteiger partial charge is 0.383 e. The molecule has 0 radical (unpaired) electrons. The van der Waals surface area contributed by atoms with Gasteiger partial charge in [-0.1, -0.05) is 7.43 Å². The molecule has 2 rings (SSSR count). The summed E-state index contributed by atoms with van der Waals surface area (Å²) in [5.41, 5.74) is 5.62. The van der Waals surface area contributed by atoms with Gasteiger partial charge < -0.3 is 5.73 Å². The van der Waals surface area contributed by atoms with Gasteiger partial charge in [0.05, 0.1) is 0 Å². The van der Waals surface area contributed by atoms with Crippen LogP contribution in [0.15, 0.2) is 34.1 Å². The lowest BCUT2D eigenvalue weighted by atomic mass is 10.4. The monoisotopic (exact) mass is 321 g/mol. The third-order valence-electron chi connectivity index (χ3n) is 2.93. The smallest absolute Gasteiger partial charge is 0.349 e. The Bertz CT molecular complexity index is 668. The lowest BCUT2D eigenvalue weighted by molar-refractivity contribution is 0.561. The van der Waals surface area contributed by atoms with E-state index in [1.165, 1.54) is 4.57 Å². The minimum atomic E-state index is -0.292. The maximum Gasteiger partial charge on any atom is 0.349 e. The van der Waals surface area contributed by atoms with Crippen LogP contribution in [0.25, 0.3) is 0 Å². The second-order valence-corrected chi connectivity index (χ2v) is 5.49. The highest BCUT2D eigenvalue weighted by Gasteiger charge is 2.00. The molecule has 0 unspecified atom stereocenters. The lowest BCUT2D eigenvalue weighted by Gasteiger charge is -2.07. The number of rotatable bonds is 2. The fraction of sp³-hybridized carbons (Fsp3) is 0.500. The second-order valence-electron chi connectivity index (χ2n) is 5.49. The molecule has 0 aliphatic rings. The number of nitrogens with two attached hydrogens (primary N) is 1. The Morgan fingerprint density at radius 3 is 1.74 bits per heavy atom. The predicted octanol–water partition coefficient (Wildman–Crippen LogP) is 2.18. The number of hydrogen-bond donors (Lipinski definition) is 1. The maximum atomic E-state index is 11.1. The number of hydrogen-bond acceptors (Lipinski definition) is 5. The lowest BCUT2D eigenvalue weighted by Crippen LogP contribution is -2.24. The Labute approximate surface area is 136 Å². The highest BCUT2D eigenvalue weighted by molar-refractivity contribution is 5.23. The molecule has 0 saturated carbocycles. The Morgan fingerprint density at radius 1 is 0.913 bits per heavy atom. The van der Waals surface area contributed by atoms with E-state index >= 15 is 0 Å². The molecule has 7 heteroatoms. The molecular formula is C16H27N5O2. The maximum absolute atomic E-state index is 11.1. The molecule has 23 heavy (non-hydrogen) atoms. The van der Waals surface area contributed by atoms with Gasteiger partial charge in [-0.25, -0.2) is 9.59 Å². The van der Waals surface area contributed by atoms with E-state index in [9.17, 15) is 9.59 Å². The van der Waals surface area contributed by atoms with Gasteiger partial charge in [0.1, 0.15) is 5.82 Å². The molecule has 0 atom stereocenters. The van der Waals surface area contributed by atoms with Gasteiger partial charge in [0.15, 0.2) is 0 Å². The van der Waals surface area contributed by atoms with Crippen molar-refractivity contribution in [2.45, 2.75) is 54.1 Å². The quantitative estimate of drug-likeness (QED) is 0.914. The molecule has 0 bridgehead atoms. The first-order valence-corrected chi connectivity index (χ1v) is 7.12. The van der Waals surface area contributed by atoms with Crippen LogP contribution in [0.2, 0.25) is 0 Å². The summed E-state index contributed by atoms with van der Waals surface area (Å²) in [6, 6.07) is 3.77. The van der Waals surface area contributed by atoms with Gasteiger partial charge in [0.25, 0.3) is 0 Å². The predicted molar refractivity (Wildman–Crippen MR) is 93.6 cm³/mol. The first-order valence-electron chi connectivity index (χ1n) is 7.12. The molecule has 2 N–H and O–H groups in total. The summed E-state index contributed by atoms with van der Waals surface area (Å²) in [6.45, 7) is 9.56. The molecular weight excluding hydrogens is 294 g/mol. The summed E-state index contributed by atoms with van der Waals surface area (Å²) >= 11 is 0. The van der Waals surface area contributed by atoms with E-state index in [0.717, 1.165) is 5.69 Å². The minimum Gasteiger partial charge on any atom is -0.383 e. The zero-order valence-electron chi connectivity index (χ0n) is 13.6. The molecule has 0 aromatic carbocycles. The van der Waals surface area contributed by atoms with E-state index < -0.39 is 0 Å². The summed E-state index contributed by atoms with van der Waals surface area (Å²) < 4.78 is 3.13. The summed E-state index contributed by atoms with van der Waals surface area (Å²) in [4.78, 5) is 29.6. The standard InChI is InChI=1S/C8H12N2O.C7H11N3O.CH4/c1-6(2)10-5-4-7(3)9-8(10)11;1-5(2)10-4-3-6(8)9-7(10)11;/h4-6H,1-3H3;3-5H,1-2H3,(H2,8,9,11);1H4. The Hall–Kier alpha value is -2.44. The van der Waals surface area contributed by atoms with E-state index in [-0.39, 0.29) is 36.7 Å². The van der Waals surface area contributed by atoms with Crippen molar-refractivity contribution in [2.75, 3.05) is 5.73 Å². The topological polar surface area (TPSA) is 95.8 Å². The van der Waals surface area contributed by atoms with Gasteiger partial charge in [0.2, 0.25) is 0 Å².